The summed E-state index contributed by atoms with van der Waals surface area (Å²) in [7, 11) is 0. The smallest absolute Gasteiger partial charge is 0.243 e. The number of nitrogens with one attached hydrogen (secondary N) is 9. The van der Waals surface area contributed by atoms with Crippen molar-refractivity contribution in [2.45, 2.75) is 94.4 Å². The highest BCUT2D eigenvalue weighted by molar-refractivity contribution is 5.97. The molecule has 0 radical (unpaired) electrons. The van der Waals surface area contributed by atoms with Crippen molar-refractivity contribution in [2.24, 2.45) is 16.5 Å². The standard InChI is InChI=1S/C53H62FN13O7/c54-37-17-14-32(15-18-37)25-43-51(73)64-41(12-7-23-60-53(55)56)49(71)66-44(27-36-29-61-40-11-4-3-10-39(36)40)48(70)59-22-6-5-21-58-46(68)20-19-42(50(72)67-45(52(74)65-43)28-38-30-57-31-62-38)63-47(69)26-33-13-16-34-8-1-2-9-35(34)24-33/h1-4,8-11,13-18,24,29-31,41-45,61H,5-7,12,19-23,25-28H2,(H,57,62)(H,58,68)(H,59,70)(H,63,69)(H,64,73)(H,65,74)(H,66,71)(H,67,72)(H4,55,56,60)/t41-,42?,43?,44-,45-/m0/s1. The Labute approximate surface area is 426 Å². The van der Waals surface area contributed by atoms with Crippen molar-refractivity contribution in [3.63, 3.8) is 0 Å². The number of nitrogens with two attached hydrogens (primary N) is 2. The Morgan fingerprint density at radius 3 is 2.08 bits per heavy atom. The molecule has 4 aromatic carbocycles. The Balaban J connectivity index is 1.19. The lowest BCUT2D eigenvalue weighted by Gasteiger charge is -2.27. The van der Waals surface area contributed by atoms with Crippen LogP contribution >= 0.6 is 0 Å². The molecule has 74 heavy (non-hydrogen) atoms. The molecule has 1 aliphatic heterocycles. The van der Waals surface area contributed by atoms with E-state index >= 15 is 0 Å². The van der Waals surface area contributed by atoms with Gasteiger partial charge in [0.25, 0.3) is 0 Å². The zero-order valence-electron chi connectivity index (χ0n) is 40.8. The molecule has 6 aromatic rings. The van der Waals surface area contributed by atoms with Gasteiger partial charge in [-0.25, -0.2) is 9.37 Å². The highest BCUT2D eigenvalue weighted by Gasteiger charge is 2.34. The van der Waals surface area contributed by atoms with Gasteiger partial charge in [-0.15, -0.1) is 0 Å². The van der Waals surface area contributed by atoms with Gasteiger partial charge >= 0.3 is 0 Å². The number of hydrogen-bond acceptors (Lipinski definition) is 9. The molecule has 5 atom stereocenters. The molecule has 1 fully saturated rings. The summed E-state index contributed by atoms with van der Waals surface area (Å²) in [5, 5.41) is 22.4. The second-order valence-corrected chi connectivity index (χ2v) is 18.2. The van der Waals surface area contributed by atoms with Crippen LogP contribution < -0.4 is 48.7 Å². The van der Waals surface area contributed by atoms with Crippen LogP contribution in [-0.4, -0.2) is 112 Å². The van der Waals surface area contributed by atoms with Crippen LogP contribution in [0.2, 0.25) is 0 Å². The molecule has 1 aliphatic rings. The molecule has 388 valence electrons. The maximum atomic E-state index is 14.7. The van der Waals surface area contributed by atoms with Gasteiger partial charge in [0.1, 0.15) is 36.0 Å². The molecule has 21 heteroatoms. The highest BCUT2D eigenvalue weighted by Crippen LogP contribution is 2.20. The van der Waals surface area contributed by atoms with Crippen molar-refractivity contribution in [1.29, 1.82) is 0 Å². The van der Waals surface area contributed by atoms with Crippen molar-refractivity contribution in [3.8, 4) is 0 Å². The molecule has 20 nitrogen and oxygen atoms in total. The lowest BCUT2D eigenvalue weighted by atomic mass is 10.0. The molecule has 2 unspecified atom stereocenters. The SMILES string of the molecule is NC(N)=NCCC[C@@H]1NC(=O)C(Cc2ccc(F)cc2)NC(=O)[C@H](Cc2cnc[nH]2)NC(=O)C(NC(=O)Cc2ccc3ccccc3c2)CCC(=O)NCCCCNC(=O)[C@H](Cc2c[nH]c3ccccc23)NC1=O. The number of carbonyl (C=O) groups excluding carboxylic acids is 7. The van der Waals surface area contributed by atoms with Crippen molar-refractivity contribution in [3.05, 3.63) is 138 Å². The zero-order valence-corrected chi connectivity index (χ0v) is 40.8. The van der Waals surface area contributed by atoms with E-state index in [-0.39, 0.29) is 77.0 Å². The van der Waals surface area contributed by atoms with Gasteiger partial charge in [-0.3, -0.25) is 38.6 Å². The van der Waals surface area contributed by atoms with Crippen molar-refractivity contribution >= 4 is 69.0 Å². The number of guanidine groups is 1. The third kappa shape index (κ3) is 15.7. The molecule has 7 rings (SSSR count). The average Bonchev–Trinajstić information content (AvgIpc) is 4.06. The zero-order chi connectivity index (χ0) is 52.4. The number of rotatable bonds is 13. The third-order valence-electron chi connectivity index (χ3n) is 12.6. The van der Waals surface area contributed by atoms with E-state index in [4.69, 9.17) is 11.5 Å². The summed E-state index contributed by atoms with van der Waals surface area (Å²) in [6, 6.07) is 19.5. The molecule has 0 spiro atoms. The van der Waals surface area contributed by atoms with E-state index in [1.165, 1.54) is 36.8 Å². The number of halogens is 1. The van der Waals surface area contributed by atoms with Crippen LogP contribution in [0.1, 0.15) is 60.9 Å². The summed E-state index contributed by atoms with van der Waals surface area (Å²) >= 11 is 0. The van der Waals surface area contributed by atoms with Gasteiger partial charge < -0.3 is 58.7 Å². The van der Waals surface area contributed by atoms with Crippen LogP contribution in [0.15, 0.2) is 115 Å². The van der Waals surface area contributed by atoms with Crippen molar-refractivity contribution in [2.75, 3.05) is 19.6 Å². The first-order valence-electron chi connectivity index (χ1n) is 24.6. The van der Waals surface area contributed by atoms with Gasteiger partial charge in [0.15, 0.2) is 5.96 Å². The number of para-hydroxylation sites is 1. The monoisotopic (exact) mass is 1010 g/mol. The quantitative estimate of drug-likeness (QED) is 0.0452. The van der Waals surface area contributed by atoms with Crippen LogP contribution in [-0.2, 0) is 59.2 Å². The molecule has 0 saturated carbocycles. The number of benzene rings is 4. The van der Waals surface area contributed by atoms with E-state index in [9.17, 15) is 38.0 Å². The number of aromatic nitrogens is 3. The van der Waals surface area contributed by atoms with Gasteiger partial charge in [-0.1, -0.05) is 72.8 Å². The predicted octanol–water partition coefficient (Wildman–Crippen LogP) is 1.74. The van der Waals surface area contributed by atoms with Crippen LogP contribution in [0, 0.1) is 5.82 Å². The number of aromatic amines is 2. The first kappa shape index (κ1) is 53.2. The van der Waals surface area contributed by atoms with Crippen molar-refractivity contribution in [1.82, 2.24) is 52.2 Å². The van der Waals surface area contributed by atoms with E-state index in [2.05, 4.69) is 57.2 Å². The summed E-state index contributed by atoms with van der Waals surface area (Å²) in [5.41, 5.74) is 14.3. The molecule has 0 aliphatic carbocycles. The van der Waals surface area contributed by atoms with E-state index in [1.54, 1.807) is 6.20 Å². The molecule has 2 aromatic heterocycles. The fourth-order valence-electron chi connectivity index (χ4n) is 8.71. The molecule has 0 bridgehead atoms. The summed E-state index contributed by atoms with van der Waals surface area (Å²) in [6.07, 6.45) is 5.03. The molecule has 3 heterocycles. The summed E-state index contributed by atoms with van der Waals surface area (Å²) in [5.74, 6) is -5.27. The van der Waals surface area contributed by atoms with Crippen LogP contribution in [0.5, 0.6) is 0 Å². The number of imidazole rings is 1. The van der Waals surface area contributed by atoms with Gasteiger partial charge in [-0.2, -0.15) is 0 Å². The lowest BCUT2D eigenvalue weighted by molar-refractivity contribution is -0.135. The number of fused-ring (bicyclic) bond motifs is 2. The minimum atomic E-state index is -1.43. The molecule has 13 N–H and O–H groups in total. The lowest BCUT2D eigenvalue weighted by Crippen LogP contribution is -2.60. The summed E-state index contributed by atoms with van der Waals surface area (Å²) < 4.78 is 14.2. The maximum absolute atomic E-state index is 14.7. The van der Waals surface area contributed by atoms with E-state index in [0.717, 1.165) is 27.2 Å². The number of H-pyrrole nitrogens is 2. The number of hydrogen-bond donors (Lipinski definition) is 11. The number of carbonyl (C=O) groups is 7. The van der Waals surface area contributed by atoms with Gasteiger partial charge in [-0.05, 0) is 77.8 Å². The number of aliphatic imine (C=N–C) groups is 1. The Bertz CT molecular complexity index is 2940. The van der Waals surface area contributed by atoms with E-state index in [1.807, 2.05) is 66.7 Å². The van der Waals surface area contributed by atoms with Gasteiger partial charge in [0.2, 0.25) is 41.4 Å². The second kappa shape index (κ2) is 26.2. The van der Waals surface area contributed by atoms with Crippen LogP contribution in [0.4, 0.5) is 4.39 Å². The van der Waals surface area contributed by atoms with E-state index in [0.29, 0.717) is 29.7 Å². The Morgan fingerprint density at radius 1 is 0.689 bits per heavy atom. The Hall–Kier alpha value is -8.62. The predicted molar refractivity (Wildman–Crippen MR) is 276 cm³/mol. The minimum Gasteiger partial charge on any atom is -0.370 e. The Kier molecular flexibility index (Phi) is 18.8. The van der Waals surface area contributed by atoms with Crippen molar-refractivity contribution < 1.29 is 38.0 Å². The Morgan fingerprint density at radius 2 is 1.34 bits per heavy atom. The van der Waals surface area contributed by atoms with Gasteiger partial charge in [0.05, 0.1) is 12.7 Å². The van der Waals surface area contributed by atoms with E-state index < -0.39 is 77.4 Å². The average molecular weight is 1010 g/mol. The largest absolute Gasteiger partial charge is 0.370 e. The minimum absolute atomic E-state index is 0.00874. The highest BCUT2D eigenvalue weighted by atomic mass is 19.1. The fraction of sp³-hybridized carbons (Fsp3) is 0.340. The number of nitrogens with zero attached hydrogens (tertiary/aromatic N) is 2. The molecule has 7 amide bonds. The summed E-state index contributed by atoms with van der Waals surface area (Å²) in [4.78, 5) is 113. The number of amides is 7. The van der Waals surface area contributed by atoms with Crippen LogP contribution in [0.25, 0.3) is 21.7 Å². The second-order valence-electron chi connectivity index (χ2n) is 18.2. The third-order valence-corrected chi connectivity index (χ3v) is 12.6. The fourth-order valence-corrected chi connectivity index (χ4v) is 8.71. The maximum Gasteiger partial charge on any atom is 0.243 e. The molecular weight excluding hydrogens is 950 g/mol. The van der Waals surface area contributed by atoms with Crippen LogP contribution in [0.3, 0.4) is 0 Å². The molecule has 1 saturated heterocycles. The summed E-state index contributed by atoms with van der Waals surface area (Å²) in [6.45, 7) is 0.531. The first-order valence-corrected chi connectivity index (χ1v) is 24.6. The van der Waals surface area contributed by atoms with Gasteiger partial charge in [0, 0.05) is 74.3 Å². The topological polar surface area (TPSA) is 313 Å². The molecular formula is C53H62FN13O7. The first-order chi connectivity index (χ1) is 35.8. The normalized spacial score (nSPS) is 20.0.